The van der Waals surface area contributed by atoms with Crippen LogP contribution in [0.3, 0.4) is 0 Å². The Labute approximate surface area is 184 Å². The molecule has 2 aromatic heterocycles. The molecule has 1 aromatic carbocycles. The van der Waals surface area contributed by atoms with Crippen molar-refractivity contribution in [3.05, 3.63) is 66.4 Å². The molecule has 7 nitrogen and oxygen atoms in total. The van der Waals surface area contributed by atoms with Crippen molar-refractivity contribution in [2.45, 2.75) is 25.6 Å². The van der Waals surface area contributed by atoms with E-state index < -0.39 is 17.7 Å². The third-order valence-electron chi connectivity index (χ3n) is 5.81. The number of carbonyl (C=O) groups excluding carboxylic acids is 2. The van der Waals surface area contributed by atoms with Crippen LogP contribution in [0.1, 0.15) is 19.4 Å². The Morgan fingerprint density at radius 1 is 1.16 bits per heavy atom. The van der Waals surface area contributed by atoms with Gasteiger partial charge in [-0.25, -0.2) is 19.2 Å². The average molecular weight is 431 g/mol. The number of alkyl halides is 1. The number of amides is 2. The number of nitrogens with one attached hydrogen (secondary N) is 1. The Morgan fingerprint density at radius 3 is 2.75 bits per heavy atom. The van der Waals surface area contributed by atoms with E-state index in [1.54, 1.807) is 42.6 Å². The number of pyridine rings is 2. The molecule has 1 atom stereocenters. The second-order valence-electron chi connectivity index (χ2n) is 8.47. The number of benzene rings is 1. The smallest absolute Gasteiger partial charge is 0.329 e. The molecule has 2 amide bonds. The predicted octanol–water partition coefficient (Wildman–Crippen LogP) is 4.16. The molecule has 162 valence electrons. The lowest BCUT2D eigenvalue weighted by atomic mass is 9.97. The molecular formula is C24H22FN5O2. The lowest BCUT2D eigenvalue weighted by molar-refractivity contribution is -0.117. The zero-order valence-electron chi connectivity index (χ0n) is 17.7. The van der Waals surface area contributed by atoms with Crippen LogP contribution in [0.4, 0.5) is 26.5 Å². The van der Waals surface area contributed by atoms with Gasteiger partial charge in [0.2, 0.25) is 0 Å². The number of fused-ring (bicyclic) bond motifs is 4. The van der Waals surface area contributed by atoms with Gasteiger partial charge in [-0.2, -0.15) is 0 Å². The molecule has 5 rings (SSSR count). The van der Waals surface area contributed by atoms with Crippen molar-refractivity contribution in [3.8, 4) is 11.3 Å². The van der Waals surface area contributed by atoms with Crippen LogP contribution in [0.5, 0.6) is 0 Å². The number of hydrogen-bond donors (Lipinski definition) is 1. The maximum absolute atomic E-state index is 14.5. The van der Waals surface area contributed by atoms with Gasteiger partial charge in [-0.05, 0) is 49.7 Å². The van der Waals surface area contributed by atoms with Crippen molar-refractivity contribution in [3.63, 3.8) is 0 Å². The number of ketones is 1. The van der Waals surface area contributed by atoms with E-state index in [1.165, 1.54) is 18.7 Å². The molecule has 3 aromatic rings. The van der Waals surface area contributed by atoms with E-state index in [9.17, 15) is 14.0 Å². The summed E-state index contributed by atoms with van der Waals surface area (Å²) in [6, 6.07) is 14.9. The number of anilines is 3. The minimum Gasteiger partial charge on any atom is -0.359 e. The molecule has 2 bridgehead atoms. The first-order valence-corrected chi connectivity index (χ1v) is 10.4. The van der Waals surface area contributed by atoms with E-state index in [0.717, 1.165) is 5.56 Å². The fourth-order valence-electron chi connectivity index (χ4n) is 4.14. The maximum atomic E-state index is 14.5. The number of urea groups is 1. The van der Waals surface area contributed by atoms with Gasteiger partial charge in [0.15, 0.2) is 11.6 Å². The van der Waals surface area contributed by atoms with Gasteiger partial charge < -0.3 is 4.90 Å². The standard InChI is InChI=1S/C24H22FN5O2/c1-24(2,25)16-7-5-6-15(12-16)17-9-10-18-22(27-17)30(19-13-29(18)14-20(19)31)23(32)28-21-8-3-4-11-26-21/h3-12,19H,13-14H2,1-2H3,(H,26,28,32)/t19-/m1/s1. The third kappa shape index (κ3) is 3.47. The molecule has 0 radical (unpaired) electrons. The quantitative estimate of drug-likeness (QED) is 0.674. The summed E-state index contributed by atoms with van der Waals surface area (Å²) in [6.45, 7) is 3.67. The summed E-state index contributed by atoms with van der Waals surface area (Å²) in [5, 5.41) is 2.76. The summed E-state index contributed by atoms with van der Waals surface area (Å²) >= 11 is 0. The molecule has 0 unspecified atom stereocenters. The van der Waals surface area contributed by atoms with Gasteiger partial charge in [-0.3, -0.25) is 15.0 Å². The highest BCUT2D eigenvalue weighted by atomic mass is 19.1. The molecule has 8 heteroatoms. The second kappa shape index (κ2) is 7.40. The lowest BCUT2D eigenvalue weighted by Gasteiger charge is -2.34. The van der Waals surface area contributed by atoms with Gasteiger partial charge in [-0.1, -0.05) is 24.3 Å². The van der Waals surface area contributed by atoms with Crippen LogP contribution in [0.15, 0.2) is 60.8 Å². The van der Waals surface area contributed by atoms with Crippen molar-refractivity contribution in [1.29, 1.82) is 0 Å². The molecule has 2 aliphatic heterocycles. The summed E-state index contributed by atoms with van der Waals surface area (Å²) in [7, 11) is 0. The monoisotopic (exact) mass is 431 g/mol. The highest BCUT2D eigenvalue weighted by molar-refractivity contribution is 6.12. The van der Waals surface area contributed by atoms with Crippen molar-refractivity contribution in [2.24, 2.45) is 0 Å². The van der Waals surface area contributed by atoms with Gasteiger partial charge in [0.1, 0.15) is 17.5 Å². The van der Waals surface area contributed by atoms with Crippen LogP contribution in [0, 0.1) is 0 Å². The summed E-state index contributed by atoms with van der Waals surface area (Å²) in [5.41, 5.74) is 1.10. The van der Waals surface area contributed by atoms with E-state index in [2.05, 4.69) is 10.3 Å². The first kappa shape index (κ1) is 20.1. The van der Waals surface area contributed by atoms with Crippen molar-refractivity contribution < 1.29 is 14.0 Å². The highest BCUT2D eigenvalue weighted by Crippen LogP contribution is 2.39. The van der Waals surface area contributed by atoms with Gasteiger partial charge in [0, 0.05) is 18.3 Å². The molecule has 1 fully saturated rings. The average Bonchev–Trinajstić information content (AvgIpc) is 3.10. The van der Waals surface area contributed by atoms with Gasteiger partial charge in [0.05, 0.1) is 17.9 Å². The lowest BCUT2D eigenvalue weighted by Crippen LogP contribution is -2.50. The van der Waals surface area contributed by atoms with E-state index >= 15 is 0 Å². The summed E-state index contributed by atoms with van der Waals surface area (Å²) in [4.78, 5) is 38.1. The van der Waals surface area contributed by atoms with Crippen LogP contribution in [-0.2, 0) is 10.5 Å². The highest BCUT2D eigenvalue weighted by Gasteiger charge is 2.45. The van der Waals surface area contributed by atoms with Crippen LogP contribution < -0.4 is 15.1 Å². The van der Waals surface area contributed by atoms with Crippen LogP contribution >= 0.6 is 0 Å². The molecule has 0 aliphatic carbocycles. The van der Waals surface area contributed by atoms with Crippen molar-refractivity contribution >= 4 is 29.1 Å². The van der Waals surface area contributed by atoms with E-state index in [1.807, 2.05) is 23.1 Å². The Morgan fingerprint density at radius 2 is 2.00 bits per heavy atom. The summed E-state index contributed by atoms with van der Waals surface area (Å²) in [5.74, 6) is 0.755. The maximum Gasteiger partial charge on any atom is 0.329 e. The molecular weight excluding hydrogens is 409 g/mol. The molecule has 1 N–H and O–H groups in total. The molecule has 0 spiro atoms. The van der Waals surface area contributed by atoms with Crippen LogP contribution in [0.2, 0.25) is 0 Å². The number of Topliss-reactive ketones (excluding diaryl/α,β-unsaturated/α-hetero) is 1. The number of halogens is 1. The van der Waals surface area contributed by atoms with Crippen molar-refractivity contribution in [1.82, 2.24) is 9.97 Å². The van der Waals surface area contributed by atoms with Gasteiger partial charge in [0.25, 0.3) is 0 Å². The zero-order valence-corrected chi connectivity index (χ0v) is 17.7. The topological polar surface area (TPSA) is 78.4 Å². The third-order valence-corrected chi connectivity index (χ3v) is 5.81. The second-order valence-corrected chi connectivity index (χ2v) is 8.47. The number of rotatable bonds is 3. The first-order valence-electron chi connectivity index (χ1n) is 10.4. The van der Waals surface area contributed by atoms with E-state index in [4.69, 9.17) is 4.98 Å². The predicted molar refractivity (Wildman–Crippen MR) is 121 cm³/mol. The Bertz CT molecular complexity index is 1210. The van der Waals surface area contributed by atoms with Crippen LogP contribution in [0.25, 0.3) is 11.3 Å². The molecule has 2 aliphatic rings. The minimum absolute atomic E-state index is 0.0399. The normalized spacial score (nSPS) is 17.3. The Kier molecular flexibility index (Phi) is 4.65. The first-order chi connectivity index (χ1) is 15.3. The Balaban J connectivity index is 1.56. The number of nitrogens with zero attached hydrogens (tertiary/aromatic N) is 4. The zero-order chi connectivity index (χ0) is 22.5. The summed E-state index contributed by atoms with van der Waals surface area (Å²) < 4.78 is 14.5. The van der Waals surface area contributed by atoms with E-state index in [-0.39, 0.29) is 12.3 Å². The van der Waals surface area contributed by atoms with Gasteiger partial charge in [-0.15, -0.1) is 0 Å². The minimum atomic E-state index is -1.49. The van der Waals surface area contributed by atoms with Gasteiger partial charge >= 0.3 is 6.03 Å². The Hall–Kier alpha value is -3.81. The number of hydrogen-bond acceptors (Lipinski definition) is 5. The van der Waals surface area contributed by atoms with E-state index in [0.29, 0.717) is 35.1 Å². The summed E-state index contributed by atoms with van der Waals surface area (Å²) in [6.07, 6.45) is 1.58. The van der Waals surface area contributed by atoms with Crippen molar-refractivity contribution in [2.75, 3.05) is 28.2 Å². The SMILES string of the molecule is CC(C)(F)c1cccc(-c2ccc3c(n2)N(C(=O)Nc2ccccn2)[C@@H]2CN3CC2=O)c1. The largest absolute Gasteiger partial charge is 0.359 e. The fraction of sp³-hybridized carbons (Fsp3) is 0.250. The number of aromatic nitrogens is 2. The number of carbonyl (C=O) groups is 2. The molecule has 1 saturated heterocycles. The molecule has 4 heterocycles. The molecule has 0 saturated carbocycles. The van der Waals surface area contributed by atoms with Crippen LogP contribution in [-0.4, -0.2) is 40.9 Å². The fourth-order valence-corrected chi connectivity index (χ4v) is 4.14. The molecule has 32 heavy (non-hydrogen) atoms.